The molecule has 0 aliphatic carbocycles. The van der Waals surface area contributed by atoms with E-state index >= 15 is 0 Å². The molecule has 0 bridgehead atoms. The maximum atomic E-state index is 11.7. The molecule has 25 heavy (non-hydrogen) atoms. The lowest BCUT2D eigenvalue weighted by Crippen LogP contribution is -2.36. The highest BCUT2D eigenvalue weighted by molar-refractivity contribution is 7.09. The molecule has 132 valence electrons. The molecule has 0 radical (unpaired) electrons. The number of benzene rings is 1. The fourth-order valence-electron chi connectivity index (χ4n) is 2.84. The van der Waals surface area contributed by atoms with Gasteiger partial charge in [-0.3, -0.25) is 9.79 Å². The van der Waals surface area contributed by atoms with Crippen molar-refractivity contribution in [3.63, 3.8) is 0 Å². The summed E-state index contributed by atoms with van der Waals surface area (Å²) in [5, 5.41) is 8.71. The highest BCUT2D eigenvalue weighted by atomic mass is 32.1. The molecule has 2 N–H and O–H groups in total. The van der Waals surface area contributed by atoms with Crippen molar-refractivity contribution in [1.82, 2.24) is 15.5 Å². The molecule has 0 spiro atoms. The van der Waals surface area contributed by atoms with E-state index in [1.807, 2.05) is 4.90 Å². The predicted molar refractivity (Wildman–Crippen MR) is 102 cm³/mol. The molecule has 0 atom stereocenters. The maximum absolute atomic E-state index is 11.7. The predicted octanol–water partition coefficient (Wildman–Crippen LogP) is 2.74. The van der Waals surface area contributed by atoms with E-state index in [-0.39, 0.29) is 5.91 Å². The molecule has 2 heterocycles. The van der Waals surface area contributed by atoms with Crippen LogP contribution in [0.1, 0.15) is 28.8 Å². The SMILES string of the molecule is CN=C(NCc1ccc(CN2CCCC2=O)cc1)NCc1cccs1. The molecule has 0 unspecified atom stereocenters. The van der Waals surface area contributed by atoms with E-state index in [0.29, 0.717) is 13.0 Å². The summed E-state index contributed by atoms with van der Waals surface area (Å²) >= 11 is 1.73. The number of thiophene rings is 1. The number of rotatable bonds is 6. The normalized spacial score (nSPS) is 14.8. The molecule has 1 saturated heterocycles. The minimum absolute atomic E-state index is 0.270. The molecule has 3 rings (SSSR count). The lowest BCUT2D eigenvalue weighted by molar-refractivity contribution is -0.128. The fraction of sp³-hybridized carbons (Fsp3) is 0.368. The van der Waals surface area contributed by atoms with Crippen molar-refractivity contribution in [3.05, 3.63) is 57.8 Å². The second-order valence-electron chi connectivity index (χ2n) is 6.09. The Balaban J connectivity index is 1.46. The molecule has 5 nitrogen and oxygen atoms in total. The van der Waals surface area contributed by atoms with Gasteiger partial charge in [-0.15, -0.1) is 11.3 Å². The number of nitrogens with one attached hydrogen (secondary N) is 2. The first-order valence-corrected chi connectivity index (χ1v) is 9.45. The second-order valence-corrected chi connectivity index (χ2v) is 7.13. The van der Waals surface area contributed by atoms with Gasteiger partial charge in [0.25, 0.3) is 0 Å². The van der Waals surface area contributed by atoms with Gasteiger partial charge in [0.1, 0.15) is 0 Å². The van der Waals surface area contributed by atoms with Gasteiger partial charge in [-0.2, -0.15) is 0 Å². The summed E-state index contributed by atoms with van der Waals surface area (Å²) < 4.78 is 0. The van der Waals surface area contributed by atoms with E-state index < -0.39 is 0 Å². The monoisotopic (exact) mass is 356 g/mol. The minimum Gasteiger partial charge on any atom is -0.352 e. The summed E-state index contributed by atoms with van der Waals surface area (Å²) in [7, 11) is 1.78. The Bertz CT molecular complexity index is 710. The highest BCUT2D eigenvalue weighted by Gasteiger charge is 2.19. The van der Waals surface area contributed by atoms with Crippen LogP contribution in [0.15, 0.2) is 46.8 Å². The molecule has 1 amide bonds. The molecule has 6 heteroatoms. The van der Waals surface area contributed by atoms with Gasteiger partial charge in [-0.25, -0.2) is 0 Å². The largest absolute Gasteiger partial charge is 0.352 e. The maximum Gasteiger partial charge on any atom is 0.222 e. The first kappa shape index (κ1) is 17.5. The van der Waals surface area contributed by atoms with Crippen LogP contribution in [0.4, 0.5) is 0 Å². The zero-order valence-corrected chi connectivity index (χ0v) is 15.3. The third-order valence-electron chi connectivity index (χ3n) is 4.26. The molecule has 1 aromatic carbocycles. The average molecular weight is 356 g/mol. The van der Waals surface area contributed by atoms with Gasteiger partial charge in [0, 0.05) is 38.0 Å². The van der Waals surface area contributed by atoms with Crippen molar-refractivity contribution in [2.24, 2.45) is 4.99 Å². The molecular formula is C19H24N4OS. The molecule has 1 aliphatic heterocycles. The van der Waals surface area contributed by atoms with Crippen molar-refractivity contribution in [1.29, 1.82) is 0 Å². The van der Waals surface area contributed by atoms with Crippen LogP contribution in [0.25, 0.3) is 0 Å². The van der Waals surface area contributed by atoms with Crippen molar-refractivity contribution in [2.75, 3.05) is 13.6 Å². The number of carbonyl (C=O) groups excluding carboxylic acids is 1. The molecule has 0 saturated carbocycles. The Morgan fingerprint density at radius 1 is 1.16 bits per heavy atom. The summed E-state index contributed by atoms with van der Waals surface area (Å²) in [5.74, 6) is 1.06. The van der Waals surface area contributed by atoms with Gasteiger partial charge in [0.15, 0.2) is 5.96 Å². The minimum atomic E-state index is 0.270. The third-order valence-corrected chi connectivity index (χ3v) is 5.14. The molecular weight excluding hydrogens is 332 g/mol. The van der Waals surface area contributed by atoms with Gasteiger partial charge in [0.05, 0.1) is 6.54 Å². The van der Waals surface area contributed by atoms with Crippen LogP contribution in [0, 0.1) is 0 Å². The van der Waals surface area contributed by atoms with Crippen LogP contribution in [0.5, 0.6) is 0 Å². The van der Waals surface area contributed by atoms with E-state index in [1.54, 1.807) is 18.4 Å². The second kappa shape index (κ2) is 8.67. The lowest BCUT2D eigenvalue weighted by Gasteiger charge is -2.16. The quantitative estimate of drug-likeness (QED) is 0.618. The zero-order chi connectivity index (χ0) is 17.5. The summed E-state index contributed by atoms with van der Waals surface area (Å²) in [6.45, 7) is 3.10. The van der Waals surface area contributed by atoms with Crippen LogP contribution in [-0.2, 0) is 24.4 Å². The molecule has 2 aromatic rings. The number of hydrogen-bond donors (Lipinski definition) is 2. The number of likely N-dealkylation sites (tertiary alicyclic amines) is 1. The lowest BCUT2D eigenvalue weighted by atomic mass is 10.1. The molecule has 1 aromatic heterocycles. The molecule has 1 aliphatic rings. The number of amides is 1. The van der Waals surface area contributed by atoms with Crippen LogP contribution >= 0.6 is 11.3 Å². The Morgan fingerprint density at radius 3 is 2.56 bits per heavy atom. The number of hydrogen-bond acceptors (Lipinski definition) is 3. The topological polar surface area (TPSA) is 56.7 Å². The van der Waals surface area contributed by atoms with Crippen LogP contribution in [0.2, 0.25) is 0 Å². The van der Waals surface area contributed by atoms with E-state index in [2.05, 4.69) is 57.4 Å². The van der Waals surface area contributed by atoms with Crippen molar-refractivity contribution in [2.45, 2.75) is 32.5 Å². The van der Waals surface area contributed by atoms with E-state index in [0.717, 1.165) is 32.0 Å². The molecule has 1 fully saturated rings. The van der Waals surface area contributed by atoms with E-state index in [1.165, 1.54) is 16.0 Å². The number of carbonyl (C=O) groups is 1. The average Bonchev–Trinajstić information content (AvgIpc) is 3.29. The summed E-state index contributed by atoms with van der Waals surface area (Å²) in [4.78, 5) is 19.2. The van der Waals surface area contributed by atoms with Gasteiger partial charge in [-0.05, 0) is 29.0 Å². The van der Waals surface area contributed by atoms with E-state index in [9.17, 15) is 4.79 Å². The number of nitrogens with zero attached hydrogens (tertiary/aromatic N) is 2. The Kier molecular flexibility index (Phi) is 6.06. The van der Waals surface area contributed by atoms with Gasteiger partial charge >= 0.3 is 0 Å². The summed E-state index contributed by atoms with van der Waals surface area (Å²) in [5.41, 5.74) is 2.37. The summed E-state index contributed by atoms with van der Waals surface area (Å²) in [6, 6.07) is 12.6. The number of aliphatic imine (C=N–C) groups is 1. The number of guanidine groups is 1. The first-order valence-electron chi connectivity index (χ1n) is 8.57. The summed E-state index contributed by atoms with van der Waals surface area (Å²) in [6.07, 6.45) is 1.68. The fourth-order valence-corrected chi connectivity index (χ4v) is 3.49. The van der Waals surface area contributed by atoms with Gasteiger partial charge in [-0.1, -0.05) is 30.3 Å². The first-order chi connectivity index (χ1) is 12.2. The van der Waals surface area contributed by atoms with Crippen molar-refractivity contribution >= 4 is 23.2 Å². The zero-order valence-electron chi connectivity index (χ0n) is 14.5. The Labute approximate surface area is 152 Å². The van der Waals surface area contributed by atoms with Gasteiger partial charge in [0.2, 0.25) is 5.91 Å². The highest BCUT2D eigenvalue weighted by Crippen LogP contribution is 2.14. The standard InChI is InChI=1S/C19H24N4OS/c1-20-19(22-13-17-4-3-11-25-17)21-12-15-6-8-16(9-7-15)14-23-10-2-5-18(23)24/h3-4,6-9,11H,2,5,10,12-14H2,1H3,(H2,20,21,22). The van der Waals surface area contributed by atoms with Crippen LogP contribution in [-0.4, -0.2) is 30.4 Å². The van der Waals surface area contributed by atoms with Gasteiger partial charge < -0.3 is 15.5 Å². The van der Waals surface area contributed by atoms with Crippen LogP contribution < -0.4 is 10.6 Å². The van der Waals surface area contributed by atoms with Crippen LogP contribution in [0.3, 0.4) is 0 Å². The third kappa shape index (κ3) is 5.06. The Hall–Kier alpha value is -2.34. The van der Waals surface area contributed by atoms with Crippen molar-refractivity contribution < 1.29 is 4.79 Å². The Morgan fingerprint density at radius 2 is 1.92 bits per heavy atom. The smallest absolute Gasteiger partial charge is 0.222 e. The van der Waals surface area contributed by atoms with E-state index in [4.69, 9.17) is 0 Å². The van der Waals surface area contributed by atoms with Crippen molar-refractivity contribution in [3.8, 4) is 0 Å².